The molecule has 0 aliphatic carbocycles. The fourth-order valence-electron chi connectivity index (χ4n) is 2.92. The first-order chi connectivity index (χ1) is 10.6. The van der Waals surface area contributed by atoms with Gasteiger partial charge >= 0.3 is 0 Å². The Morgan fingerprint density at radius 2 is 2.39 bits per heavy atom. The number of nitrogens with zero attached hydrogens (tertiary/aromatic N) is 2. The van der Waals surface area contributed by atoms with Crippen molar-refractivity contribution in [3.05, 3.63) is 16.9 Å². The van der Waals surface area contributed by atoms with Crippen LogP contribution in [0.15, 0.2) is 16.9 Å². The highest BCUT2D eigenvalue weighted by molar-refractivity contribution is 9.10. The molecule has 1 atom stereocenters. The highest BCUT2D eigenvalue weighted by atomic mass is 79.9. The molecule has 0 saturated carbocycles. The second-order valence-corrected chi connectivity index (χ2v) is 6.49. The Bertz CT molecular complexity index is 704. The number of fused-ring (bicyclic) bond motifs is 1. The summed E-state index contributed by atoms with van der Waals surface area (Å²) in [6.07, 6.45) is 6.15. The van der Waals surface area contributed by atoms with E-state index in [-0.39, 0.29) is 24.4 Å². The van der Waals surface area contributed by atoms with Gasteiger partial charge in [-0.2, -0.15) is 0 Å². The maximum absolute atomic E-state index is 11.8. The number of nitrogens with one attached hydrogen (secondary N) is 2. The molecule has 0 bridgehead atoms. The number of aromatic nitrogens is 2. The van der Waals surface area contributed by atoms with Crippen molar-refractivity contribution in [3.63, 3.8) is 0 Å². The van der Waals surface area contributed by atoms with Gasteiger partial charge in [0.25, 0.3) is 0 Å². The number of rotatable bonds is 3. The van der Waals surface area contributed by atoms with Crippen LogP contribution < -0.4 is 16.0 Å². The third kappa shape index (κ3) is 3.62. The van der Waals surface area contributed by atoms with Gasteiger partial charge in [-0.15, -0.1) is 12.4 Å². The summed E-state index contributed by atoms with van der Waals surface area (Å²) in [7, 11) is 0. The summed E-state index contributed by atoms with van der Waals surface area (Å²) in [5, 5.41) is 3.88. The van der Waals surface area contributed by atoms with Crippen molar-refractivity contribution in [2.75, 3.05) is 23.3 Å². The Morgan fingerprint density at radius 1 is 1.61 bits per heavy atom. The van der Waals surface area contributed by atoms with Crippen LogP contribution in [0.5, 0.6) is 0 Å². The van der Waals surface area contributed by atoms with E-state index in [1.807, 2.05) is 6.92 Å². The Hall–Kier alpha value is -1.31. The maximum Gasteiger partial charge on any atom is 0.224 e. The van der Waals surface area contributed by atoms with E-state index in [1.165, 1.54) is 0 Å². The monoisotopic (exact) mass is 401 g/mol. The van der Waals surface area contributed by atoms with Gasteiger partial charge in [0.2, 0.25) is 5.91 Å². The number of halogens is 2. The Morgan fingerprint density at radius 3 is 3.09 bits per heavy atom. The van der Waals surface area contributed by atoms with Crippen molar-refractivity contribution in [1.82, 2.24) is 9.97 Å². The SMILES string of the molecule is CCC(=O)Nc1c[nH]c2ncc(Br)c(N3CCC[C@@H](N)C3)c12.Cl. The van der Waals surface area contributed by atoms with Gasteiger partial charge in [0, 0.05) is 37.9 Å². The molecular formula is C15H21BrClN5O. The van der Waals surface area contributed by atoms with Crippen LogP contribution in [0.25, 0.3) is 11.0 Å². The lowest BCUT2D eigenvalue weighted by atomic mass is 10.1. The van der Waals surface area contributed by atoms with Gasteiger partial charge in [-0.3, -0.25) is 4.79 Å². The molecule has 1 aliphatic heterocycles. The van der Waals surface area contributed by atoms with Crippen molar-refractivity contribution in [2.24, 2.45) is 5.73 Å². The lowest BCUT2D eigenvalue weighted by Crippen LogP contribution is -2.43. The van der Waals surface area contributed by atoms with Crippen molar-refractivity contribution in [1.29, 1.82) is 0 Å². The van der Waals surface area contributed by atoms with E-state index in [9.17, 15) is 4.79 Å². The molecule has 0 spiro atoms. The number of pyridine rings is 1. The number of H-pyrrole nitrogens is 1. The minimum atomic E-state index is -0.0119. The summed E-state index contributed by atoms with van der Waals surface area (Å²) in [6.45, 7) is 3.60. The van der Waals surface area contributed by atoms with Gasteiger partial charge in [-0.1, -0.05) is 6.92 Å². The number of carbonyl (C=O) groups excluding carboxylic acids is 1. The topological polar surface area (TPSA) is 87.0 Å². The number of hydrogen-bond donors (Lipinski definition) is 3. The second-order valence-electron chi connectivity index (χ2n) is 5.63. The van der Waals surface area contributed by atoms with Crippen molar-refractivity contribution < 1.29 is 4.79 Å². The normalized spacial score (nSPS) is 17.9. The van der Waals surface area contributed by atoms with Crippen LogP contribution >= 0.6 is 28.3 Å². The van der Waals surface area contributed by atoms with Crippen molar-refractivity contribution >= 4 is 56.7 Å². The summed E-state index contributed by atoms with van der Waals surface area (Å²) < 4.78 is 0.917. The van der Waals surface area contributed by atoms with Crippen LogP contribution in [0.3, 0.4) is 0 Å². The van der Waals surface area contributed by atoms with Gasteiger partial charge in [0.05, 0.1) is 21.2 Å². The fraction of sp³-hybridized carbons (Fsp3) is 0.467. The largest absolute Gasteiger partial charge is 0.368 e. The van der Waals surface area contributed by atoms with E-state index in [2.05, 4.69) is 36.1 Å². The summed E-state index contributed by atoms with van der Waals surface area (Å²) >= 11 is 3.60. The van der Waals surface area contributed by atoms with Gasteiger partial charge in [0.1, 0.15) is 5.65 Å². The minimum Gasteiger partial charge on any atom is -0.368 e. The van der Waals surface area contributed by atoms with Gasteiger partial charge in [0.15, 0.2) is 0 Å². The van der Waals surface area contributed by atoms with Crippen LogP contribution in [0.1, 0.15) is 26.2 Å². The molecular weight excluding hydrogens is 382 g/mol. The molecule has 3 rings (SSSR count). The van der Waals surface area contributed by atoms with Crippen LogP contribution in [-0.2, 0) is 4.79 Å². The van der Waals surface area contributed by atoms with Crippen LogP contribution in [0, 0.1) is 0 Å². The summed E-state index contributed by atoms with van der Waals surface area (Å²) in [5.74, 6) is -0.0119. The molecule has 1 aliphatic rings. The Kier molecular flexibility index (Phi) is 5.89. The summed E-state index contributed by atoms with van der Waals surface area (Å²) in [5.41, 5.74) is 8.71. The zero-order valence-corrected chi connectivity index (χ0v) is 15.3. The number of carbonyl (C=O) groups is 1. The Labute approximate surface area is 149 Å². The first-order valence-corrected chi connectivity index (χ1v) is 8.35. The molecule has 8 heteroatoms. The molecule has 6 nitrogen and oxygen atoms in total. The molecule has 0 unspecified atom stereocenters. The number of nitrogens with two attached hydrogens (primary N) is 1. The first-order valence-electron chi connectivity index (χ1n) is 7.56. The van der Waals surface area contributed by atoms with E-state index < -0.39 is 0 Å². The molecule has 0 aromatic carbocycles. The smallest absolute Gasteiger partial charge is 0.224 e. The number of anilines is 2. The second kappa shape index (κ2) is 7.51. The molecule has 126 valence electrons. The Balaban J connectivity index is 0.00000192. The van der Waals surface area contributed by atoms with E-state index in [1.54, 1.807) is 12.4 Å². The number of amides is 1. The maximum atomic E-state index is 11.8. The highest BCUT2D eigenvalue weighted by Crippen LogP contribution is 2.38. The zero-order chi connectivity index (χ0) is 15.7. The summed E-state index contributed by atoms with van der Waals surface area (Å²) in [4.78, 5) is 21.6. The average Bonchev–Trinajstić information content (AvgIpc) is 2.90. The van der Waals surface area contributed by atoms with E-state index in [0.717, 1.165) is 52.8 Å². The van der Waals surface area contributed by atoms with Crippen LogP contribution in [-0.4, -0.2) is 35.0 Å². The number of hydrogen-bond acceptors (Lipinski definition) is 4. The molecule has 3 heterocycles. The van der Waals surface area contributed by atoms with Gasteiger partial charge in [-0.25, -0.2) is 4.98 Å². The first kappa shape index (κ1) is 18.0. The highest BCUT2D eigenvalue weighted by Gasteiger charge is 2.23. The zero-order valence-electron chi connectivity index (χ0n) is 12.9. The number of aromatic amines is 1. The van der Waals surface area contributed by atoms with Crippen molar-refractivity contribution in [2.45, 2.75) is 32.2 Å². The van der Waals surface area contributed by atoms with Crippen LogP contribution in [0.2, 0.25) is 0 Å². The van der Waals surface area contributed by atoms with E-state index >= 15 is 0 Å². The minimum absolute atomic E-state index is 0. The quantitative estimate of drug-likeness (QED) is 0.736. The lowest BCUT2D eigenvalue weighted by molar-refractivity contribution is -0.115. The van der Waals surface area contributed by atoms with Crippen LogP contribution in [0.4, 0.5) is 11.4 Å². The molecule has 4 N–H and O–H groups in total. The van der Waals surface area contributed by atoms with Gasteiger partial charge in [-0.05, 0) is 28.8 Å². The average molecular weight is 403 g/mol. The number of piperidine rings is 1. The third-order valence-corrected chi connectivity index (χ3v) is 4.58. The summed E-state index contributed by atoms with van der Waals surface area (Å²) in [6, 6.07) is 0.177. The van der Waals surface area contributed by atoms with Crippen molar-refractivity contribution in [3.8, 4) is 0 Å². The predicted molar refractivity (Wildman–Crippen MR) is 99.4 cm³/mol. The van der Waals surface area contributed by atoms with Gasteiger partial charge < -0.3 is 20.9 Å². The molecule has 23 heavy (non-hydrogen) atoms. The molecule has 1 saturated heterocycles. The molecule has 1 fully saturated rings. The van der Waals surface area contributed by atoms with E-state index in [4.69, 9.17) is 5.73 Å². The fourth-order valence-corrected chi connectivity index (χ4v) is 3.47. The lowest BCUT2D eigenvalue weighted by Gasteiger charge is -2.33. The standard InChI is InChI=1S/C15H20BrN5O.ClH/c1-2-12(22)20-11-7-19-15-13(11)14(10(16)6-18-15)21-5-3-4-9(17)8-21;/h6-7,9H,2-5,8,17H2,1H3,(H,18,19)(H,20,22);1H/t9-;/m1./s1. The molecule has 2 aromatic rings. The molecule has 2 aromatic heterocycles. The molecule has 0 radical (unpaired) electrons. The third-order valence-electron chi connectivity index (χ3n) is 4.00. The molecule has 1 amide bonds. The predicted octanol–water partition coefficient (Wildman–Crippen LogP) is 3.02. The van der Waals surface area contributed by atoms with E-state index in [0.29, 0.717) is 6.42 Å².